The number of anilines is 1. The normalized spacial score (nSPS) is 22.9. The lowest BCUT2D eigenvalue weighted by Crippen LogP contribution is -2.50. The third-order valence-corrected chi connectivity index (χ3v) is 10.7. The third kappa shape index (κ3) is 4.17. The minimum absolute atomic E-state index is 0.139. The second kappa shape index (κ2) is 10.6. The molecule has 51 heavy (non-hydrogen) atoms. The Kier molecular flexibility index (Phi) is 6.23. The van der Waals surface area contributed by atoms with E-state index >= 15 is 0 Å². The Morgan fingerprint density at radius 2 is 1.86 bits per heavy atom. The summed E-state index contributed by atoms with van der Waals surface area (Å²) in [5.41, 5.74) is 8.44. The summed E-state index contributed by atoms with van der Waals surface area (Å²) in [6.45, 7) is 7.51. The van der Waals surface area contributed by atoms with Gasteiger partial charge in [-0.2, -0.15) is 0 Å². The highest BCUT2D eigenvalue weighted by Crippen LogP contribution is 2.61. The molecule has 0 fully saturated rings. The van der Waals surface area contributed by atoms with Crippen LogP contribution in [0.5, 0.6) is 5.75 Å². The van der Waals surface area contributed by atoms with Crippen molar-refractivity contribution in [2.75, 3.05) is 5.32 Å². The molecule has 10 bridgehead atoms. The van der Waals surface area contributed by atoms with Crippen LogP contribution in [0.15, 0.2) is 75.7 Å². The first-order valence-corrected chi connectivity index (χ1v) is 17.5. The van der Waals surface area contributed by atoms with E-state index in [0.29, 0.717) is 34.7 Å². The molecular formula is C40H35N5O6. The summed E-state index contributed by atoms with van der Waals surface area (Å²) in [5, 5.41) is 9.75. The monoisotopic (exact) mass is 681 g/mol. The number of rotatable bonds is 3. The molecule has 1 spiro atoms. The summed E-state index contributed by atoms with van der Waals surface area (Å²) in [7, 11) is 0. The van der Waals surface area contributed by atoms with E-state index in [1.807, 2.05) is 26.0 Å². The molecule has 0 saturated carbocycles. The van der Waals surface area contributed by atoms with E-state index in [4.69, 9.17) is 28.3 Å². The maximum absolute atomic E-state index is 14.1. The number of fused-ring (bicyclic) bond motifs is 7. The van der Waals surface area contributed by atoms with Crippen LogP contribution in [0.2, 0.25) is 0 Å². The largest absolute Gasteiger partial charge is 0.469 e. The minimum atomic E-state index is -1.02. The fourth-order valence-corrected chi connectivity index (χ4v) is 8.49. The Morgan fingerprint density at radius 1 is 1.02 bits per heavy atom. The van der Waals surface area contributed by atoms with Gasteiger partial charge in [0.15, 0.2) is 23.4 Å². The summed E-state index contributed by atoms with van der Waals surface area (Å²) in [4.78, 5) is 36.9. The van der Waals surface area contributed by atoms with Gasteiger partial charge < -0.3 is 34.3 Å². The van der Waals surface area contributed by atoms with Crippen molar-refractivity contribution in [1.82, 2.24) is 20.6 Å². The fourth-order valence-electron chi connectivity index (χ4n) is 8.49. The van der Waals surface area contributed by atoms with Crippen LogP contribution in [0.1, 0.15) is 79.0 Å². The molecule has 3 N–H and O–H groups in total. The number of nitrogens with one attached hydrogen (secondary N) is 3. The molecule has 2 aromatic heterocycles. The van der Waals surface area contributed by atoms with Crippen LogP contribution in [0, 0.1) is 5.92 Å². The number of aromatic nitrogens is 2. The summed E-state index contributed by atoms with van der Waals surface area (Å²) in [5.74, 6) is 1.92. The zero-order chi connectivity index (χ0) is 34.8. The minimum Gasteiger partial charge on any atom is -0.469 e. The number of amides is 2. The second-order valence-electron chi connectivity index (χ2n) is 14.5. The highest BCUT2D eigenvalue weighted by Gasteiger charge is 2.61. The molecule has 10 rings (SSSR count). The van der Waals surface area contributed by atoms with Gasteiger partial charge in [-0.3, -0.25) is 4.79 Å². The number of allylic oxidation sites excluding steroid dienone is 1. The number of benzene rings is 3. The van der Waals surface area contributed by atoms with Gasteiger partial charge in [0.2, 0.25) is 17.7 Å². The van der Waals surface area contributed by atoms with Gasteiger partial charge in [0.1, 0.15) is 23.2 Å². The van der Waals surface area contributed by atoms with E-state index in [1.54, 1.807) is 20.0 Å². The predicted octanol–water partition coefficient (Wildman–Crippen LogP) is 6.65. The number of carbonyl (C=O) groups excluding carboxylic acids is 2. The highest BCUT2D eigenvalue weighted by atomic mass is 16.6. The SMILES string of the molecule is CC(C)OC(=O)NC1Cc2ccc3c(c2)C24c5cccc(c5N[C@H]2O3)-c2cccc3c2C(=CC3)c2cnc(o2)-c2nc(oc24)[C@H](C(C)C)NC1=O. The Hall–Kier alpha value is -5.84. The maximum atomic E-state index is 14.1. The van der Waals surface area contributed by atoms with Crippen LogP contribution in [0.4, 0.5) is 10.5 Å². The van der Waals surface area contributed by atoms with Gasteiger partial charge in [-0.25, -0.2) is 14.8 Å². The van der Waals surface area contributed by atoms with Gasteiger partial charge in [0.25, 0.3) is 0 Å². The van der Waals surface area contributed by atoms with Gasteiger partial charge in [-0.05, 0) is 54.5 Å². The molecule has 1 aliphatic carbocycles. The molecular weight excluding hydrogens is 646 g/mol. The van der Waals surface area contributed by atoms with Crippen LogP contribution < -0.4 is 20.7 Å². The van der Waals surface area contributed by atoms with Gasteiger partial charge in [-0.1, -0.05) is 68.5 Å². The molecule has 0 saturated heterocycles. The standard InChI is InChI=1S/C40H35N5O6/c1-18(2)31-37-44-33-34(51-37)40-25-10-6-9-23(22-8-5-7-21-12-13-24(30(21)22)29-17-41-36(33)49-29)32(25)45-38(40)50-28-14-11-20(15-26(28)40)16-27(35(46)43-31)42-39(47)48-19(3)4/h5-11,13-15,17-19,27,31,38,45H,12,16H2,1-4H3,(H,42,47)(H,43,46)/t27?,31-,38-,40?/m0/s1. The van der Waals surface area contributed by atoms with E-state index in [0.717, 1.165) is 51.1 Å². The number of alkyl carbamates (subject to hydrolysis) is 1. The van der Waals surface area contributed by atoms with Crippen molar-refractivity contribution in [3.8, 4) is 28.5 Å². The van der Waals surface area contributed by atoms with Crippen molar-refractivity contribution in [2.45, 2.75) is 70.4 Å². The molecule has 3 aromatic carbocycles. The van der Waals surface area contributed by atoms with Crippen molar-refractivity contribution >= 4 is 23.3 Å². The van der Waals surface area contributed by atoms with Crippen molar-refractivity contribution in [1.29, 1.82) is 0 Å². The van der Waals surface area contributed by atoms with Gasteiger partial charge >= 0.3 is 6.09 Å². The average Bonchev–Trinajstić information content (AvgIpc) is 3.92. The zero-order valence-electron chi connectivity index (χ0n) is 28.5. The number of hydrogen-bond acceptors (Lipinski definition) is 9. The number of oxazole rings is 2. The number of para-hydroxylation sites is 1. The molecule has 6 heterocycles. The summed E-state index contributed by atoms with van der Waals surface area (Å²) < 4.78 is 25.8. The lowest BCUT2D eigenvalue weighted by Gasteiger charge is -2.28. The van der Waals surface area contributed by atoms with E-state index in [9.17, 15) is 9.59 Å². The Balaban J connectivity index is 1.28. The number of hydrogen-bond donors (Lipinski definition) is 3. The molecule has 5 aliphatic rings. The topological polar surface area (TPSA) is 141 Å². The number of ether oxygens (including phenoxy) is 2. The van der Waals surface area contributed by atoms with Crippen molar-refractivity contribution in [3.63, 3.8) is 0 Å². The lowest BCUT2D eigenvalue weighted by atomic mass is 9.72. The fraction of sp³-hybridized carbons (Fsp3) is 0.300. The first kappa shape index (κ1) is 30.0. The van der Waals surface area contributed by atoms with E-state index in [1.165, 1.54) is 5.56 Å². The van der Waals surface area contributed by atoms with Crippen molar-refractivity contribution < 1.29 is 27.9 Å². The van der Waals surface area contributed by atoms with Crippen LogP contribution in [0.3, 0.4) is 0 Å². The lowest BCUT2D eigenvalue weighted by molar-refractivity contribution is -0.124. The van der Waals surface area contributed by atoms with E-state index in [2.05, 4.69) is 64.5 Å². The molecule has 0 radical (unpaired) electrons. The Bertz CT molecular complexity index is 2350. The third-order valence-electron chi connectivity index (χ3n) is 10.7. The van der Waals surface area contributed by atoms with Crippen LogP contribution in [0.25, 0.3) is 28.3 Å². The van der Waals surface area contributed by atoms with Crippen molar-refractivity contribution in [2.24, 2.45) is 5.92 Å². The van der Waals surface area contributed by atoms with Gasteiger partial charge in [-0.15, -0.1) is 0 Å². The van der Waals surface area contributed by atoms with Gasteiger partial charge in [0.05, 0.1) is 12.3 Å². The van der Waals surface area contributed by atoms with Gasteiger partial charge in [0, 0.05) is 34.4 Å². The maximum Gasteiger partial charge on any atom is 0.408 e. The predicted molar refractivity (Wildman–Crippen MR) is 187 cm³/mol. The molecule has 11 nitrogen and oxygen atoms in total. The summed E-state index contributed by atoms with van der Waals surface area (Å²) in [6, 6.07) is 17.1. The quantitative estimate of drug-likeness (QED) is 0.191. The zero-order valence-corrected chi connectivity index (χ0v) is 28.5. The molecule has 2 unspecified atom stereocenters. The Morgan fingerprint density at radius 3 is 2.71 bits per heavy atom. The number of carbonyl (C=O) groups is 2. The second-order valence-corrected chi connectivity index (χ2v) is 14.5. The molecule has 2 amide bonds. The summed E-state index contributed by atoms with van der Waals surface area (Å²) >= 11 is 0. The van der Waals surface area contributed by atoms with E-state index in [-0.39, 0.29) is 24.3 Å². The molecule has 11 heteroatoms. The van der Waals surface area contributed by atoms with Crippen LogP contribution in [-0.2, 0) is 27.8 Å². The molecule has 4 atom stereocenters. The molecule has 5 aromatic rings. The van der Waals surface area contributed by atoms with Crippen LogP contribution in [-0.4, -0.2) is 40.3 Å². The first-order chi connectivity index (χ1) is 24.7. The van der Waals surface area contributed by atoms with Crippen molar-refractivity contribution in [3.05, 3.63) is 112 Å². The number of nitrogens with zero attached hydrogens (tertiary/aromatic N) is 2. The highest BCUT2D eigenvalue weighted by molar-refractivity contribution is 5.97. The van der Waals surface area contributed by atoms with Crippen LogP contribution >= 0.6 is 0 Å². The van der Waals surface area contributed by atoms with E-state index < -0.39 is 29.8 Å². The summed E-state index contributed by atoms with van der Waals surface area (Å²) in [6.07, 6.45) is 3.31. The smallest absolute Gasteiger partial charge is 0.408 e. The average molecular weight is 682 g/mol. The molecule has 256 valence electrons. The first-order valence-electron chi connectivity index (χ1n) is 17.5. The Labute approximate surface area is 293 Å². The molecule has 4 aliphatic heterocycles.